The Bertz CT molecular complexity index is 696. The van der Waals surface area contributed by atoms with Gasteiger partial charge in [0.1, 0.15) is 5.82 Å². The van der Waals surface area contributed by atoms with Crippen LogP contribution in [0.2, 0.25) is 0 Å². The van der Waals surface area contributed by atoms with Crippen LogP contribution in [0.5, 0.6) is 0 Å². The second-order valence-electron chi connectivity index (χ2n) is 6.42. The number of urea groups is 1. The Morgan fingerprint density at radius 2 is 1.64 bits per heavy atom. The third-order valence-electron chi connectivity index (χ3n) is 4.50. The van der Waals surface area contributed by atoms with Crippen LogP contribution in [0.4, 0.5) is 14.9 Å². The Balaban J connectivity index is 1.55. The van der Waals surface area contributed by atoms with Gasteiger partial charge in [-0.2, -0.15) is 0 Å². The number of nitrogens with one attached hydrogen (secondary N) is 2. The van der Waals surface area contributed by atoms with Gasteiger partial charge in [0, 0.05) is 18.8 Å². The maximum absolute atomic E-state index is 12.9. The summed E-state index contributed by atoms with van der Waals surface area (Å²) in [7, 11) is 0. The molecule has 5 heteroatoms. The van der Waals surface area contributed by atoms with Crippen molar-refractivity contribution in [2.24, 2.45) is 0 Å². The van der Waals surface area contributed by atoms with E-state index >= 15 is 0 Å². The molecule has 1 aliphatic heterocycles. The third kappa shape index (κ3) is 5.29. The number of carbonyl (C=O) groups excluding carboxylic acids is 1. The lowest BCUT2D eigenvalue weighted by atomic mass is 10.0. The summed E-state index contributed by atoms with van der Waals surface area (Å²) < 4.78 is 12.9. The van der Waals surface area contributed by atoms with Crippen molar-refractivity contribution in [2.45, 2.75) is 32.4 Å². The molecule has 1 fully saturated rings. The van der Waals surface area contributed by atoms with Crippen LogP contribution in [0.15, 0.2) is 48.5 Å². The number of benzene rings is 2. The highest BCUT2D eigenvalue weighted by Crippen LogP contribution is 2.16. The number of nitrogens with zero attached hydrogens (tertiary/aromatic N) is 1. The zero-order valence-corrected chi connectivity index (χ0v) is 14.3. The fraction of sp³-hybridized carbons (Fsp3) is 0.350. The normalized spacial score (nSPS) is 14.9. The van der Waals surface area contributed by atoms with Crippen LogP contribution in [0.1, 0.15) is 30.4 Å². The Morgan fingerprint density at radius 1 is 0.960 bits per heavy atom. The molecule has 0 bridgehead atoms. The zero-order chi connectivity index (χ0) is 17.5. The van der Waals surface area contributed by atoms with Crippen LogP contribution in [0.25, 0.3) is 0 Å². The lowest BCUT2D eigenvalue weighted by Gasteiger charge is -2.27. The number of hydrogen-bond donors (Lipinski definition) is 2. The molecule has 25 heavy (non-hydrogen) atoms. The summed E-state index contributed by atoms with van der Waals surface area (Å²) in [6, 6.07) is 13.7. The van der Waals surface area contributed by atoms with E-state index in [0.29, 0.717) is 12.2 Å². The standard InChI is InChI=1S/C20H24FN3O/c21-18-8-10-19(11-9-18)23-20(25)22-14-16-6-2-3-7-17(16)15-24-12-4-1-5-13-24/h2-3,6-11H,1,4-5,12-15H2,(H2,22,23,25). The first-order chi connectivity index (χ1) is 12.2. The molecule has 1 heterocycles. The van der Waals surface area contributed by atoms with Gasteiger partial charge in [-0.15, -0.1) is 0 Å². The zero-order valence-electron chi connectivity index (χ0n) is 14.3. The summed E-state index contributed by atoms with van der Waals surface area (Å²) in [6.07, 6.45) is 3.85. The van der Waals surface area contributed by atoms with Crippen molar-refractivity contribution in [2.75, 3.05) is 18.4 Å². The first-order valence-electron chi connectivity index (χ1n) is 8.80. The highest BCUT2D eigenvalue weighted by Gasteiger charge is 2.12. The van der Waals surface area contributed by atoms with Gasteiger partial charge in [-0.3, -0.25) is 4.90 Å². The van der Waals surface area contributed by atoms with E-state index in [2.05, 4.69) is 27.7 Å². The second-order valence-corrected chi connectivity index (χ2v) is 6.42. The van der Waals surface area contributed by atoms with Crippen LogP contribution in [0.3, 0.4) is 0 Å². The Kier molecular flexibility index (Phi) is 6.01. The maximum atomic E-state index is 12.9. The van der Waals surface area contributed by atoms with Gasteiger partial charge in [0.15, 0.2) is 0 Å². The van der Waals surface area contributed by atoms with Crippen LogP contribution >= 0.6 is 0 Å². The van der Waals surface area contributed by atoms with E-state index in [9.17, 15) is 9.18 Å². The molecule has 0 radical (unpaired) electrons. The van der Waals surface area contributed by atoms with Crippen molar-refractivity contribution >= 4 is 11.7 Å². The van der Waals surface area contributed by atoms with E-state index in [1.54, 1.807) is 12.1 Å². The van der Waals surface area contributed by atoms with Crippen molar-refractivity contribution in [3.8, 4) is 0 Å². The predicted octanol–water partition coefficient (Wildman–Crippen LogP) is 4.13. The molecular formula is C20H24FN3O. The molecule has 2 N–H and O–H groups in total. The van der Waals surface area contributed by atoms with Crippen LogP contribution < -0.4 is 10.6 Å². The number of halogens is 1. The van der Waals surface area contributed by atoms with Crippen LogP contribution in [-0.2, 0) is 13.1 Å². The average Bonchev–Trinajstić information content (AvgIpc) is 2.64. The van der Waals surface area contributed by atoms with Crippen molar-refractivity contribution < 1.29 is 9.18 Å². The number of rotatable bonds is 5. The molecule has 0 atom stereocenters. The number of carbonyl (C=O) groups is 1. The molecule has 1 saturated heterocycles. The summed E-state index contributed by atoms with van der Waals surface area (Å²) in [6.45, 7) is 3.69. The third-order valence-corrected chi connectivity index (χ3v) is 4.50. The lowest BCUT2D eigenvalue weighted by molar-refractivity contribution is 0.220. The van der Waals surface area contributed by atoms with Gasteiger partial charge in [0.2, 0.25) is 0 Å². The first kappa shape index (κ1) is 17.4. The van der Waals surface area contributed by atoms with E-state index in [0.717, 1.165) is 25.2 Å². The van der Waals surface area contributed by atoms with E-state index in [1.165, 1.54) is 37.0 Å². The minimum absolute atomic E-state index is 0.292. The number of anilines is 1. The van der Waals surface area contributed by atoms with E-state index in [-0.39, 0.29) is 11.8 Å². The lowest BCUT2D eigenvalue weighted by Crippen LogP contribution is -2.31. The van der Waals surface area contributed by atoms with Gasteiger partial charge in [-0.25, -0.2) is 9.18 Å². The molecule has 2 aromatic carbocycles. The average molecular weight is 341 g/mol. The predicted molar refractivity (Wildman–Crippen MR) is 97.8 cm³/mol. The molecule has 4 nitrogen and oxygen atoms in total. The minimum atomic E-state index is -0.322. The van der Waals surface area contributed by atoms with Gasteiger partial charge in [0.25, 0.3) is 0 Å². The van der Waals surface area contributed by atoms with Gasteiger partial charge >= 0.3 is 6.03 Å². The van der Waals surface area contributed by atoms with E-state index < -0.39 is 0 Å². The summed E-state index contributed by atoms with van der Waals surface area (Å²) in [4.78, 5) is 14.5. The quantitative estimate of drug-likeness (QED) is 0.859. The minimum Gasteiger partial charge on any atom is -0.334 e. The molecule has 132 valence electrons. The molecule has 0 aromatic heterocycles. The van der Waals surface area contributed by atoms with Crippen molar-refractivity contribution in [1.29, 1.82) is 0 Å². The van der Waals surface area contributed by atoms with Crippen molar-refractivity contribution in [3.05, 3.63) is 65.5 Å². The fourth-order valence-electron chi connectivity index (χ4n) is 3.13. The number of piperidine rings is 1. The number of amides is 2. The SMILES string of the molecule is O=C(NCc1ccccc1CN1CCCCC1)Nc1ccc(F)cc1. The summed E-state index contributed by atoms with van der Waals surface area (Å²) >= 11 is 0. The Labute approximate surface area is 148 Å². The van der Waals surface area contributed by atoms with Crippen molar-refractivity contribution in [3.63, 3.8) is 0 Å². The van der Waals surface area contributed by atoms with Crippen molar-refractivity contribution in [1.82, 2.24) is 10.2 Å². The molecule has 0 spiro atoms. The molecule has 0 aliphatic carbocycles. The monoisotopic (exact) mass is 341 g/mol. The molecular weight excluding hydrogens is 317 g/mol. The highest BCUT2D eigenvalue weighted by molar-refractivity contribution is 5.89. The maximum Gasteiger partial charge on any atom is 0.319 e. The van der Waals surface area contributed by atoms with E-state index in [1.807, 2.05) is 12.1 Å². The highest BCUT2D eigenvalue weighted by atomic mass is 19.1. The first-order valence-corrected chi connectivity index (χ1v) is 8.80. The Morgan fingerprint density at radius 3 is 2.36 bits per heavy atom. The Hall–Kier alpha value is -2.40. The van der Waals surface area contributed by atoms with Crippen LogP contribution in [0, 0.1) is 5.82 Å². The molecule has 1 aliphatic rings. The topological polar surface area (TPSA) is 44.4 Å². The summed E-state index contributed by atoms with van der Waals surface area (Å²) in [5.41, 5.74) is 2.95. The second kappa shape index (κ2) is 8.62. The molecule has 3 rings (SSSR count). The molecule has 0 unspecified atom stereocenters. The fourth-order valence-corrected chi connectivity index (χ4v) is 3.13. The van der Waals surface area contributed by atoms with Gasteiger partial charge in [-0.05, 0) is 61.3 Å². The molecule has 0 saturated carbocycles. The van der Waals surface area contributed by atoms with Gasteiger partial charge < -0.3 is 10.6 Å². The number of likely N-dealkylation sites (tertiary alicyclic amines) is 1. The van der Waals surface area contributed by atoms with Gasteiger partial charge in [-0.1, -0.05) is 30.7 Å². The summed E-state index contributed by atoms with van der Waals surface area (Å²) in [5, 5.41) is 5.59. The molecule has 2 aromatic rings. The van der Waals surface area contributed by atoms with Crippen LogP contribution in [-0.4, -0.2) is 24.0 Å². The largest absolute Gasteiger partial charge is 0.334 e. The summed E-state index contributed by atoms with van der Waals surface area (Å²) in [5.74, 6) is -0.322. The van der Waals surface area contributed by atoms with E-state index in [4.69, 9.17) is 0 Å². The number of hydrogen-bond acceptors (Lipinski definition) is 2. The van der Waals surface area contributed by atoms with Gasteiger partial charge in [0.05, 0.1) is 0 Å². The smallest absolute Gasteiger partial charge is 0.319 e. The molecule has 2 amide bonds.